The number of nitrogens with zero attached hydrogens (tertiary/aromatic N) is 2. The normalized spacial score (nSPS) is 11.5. The van der Waals surface area contributed by atoms with Crippen molar-refractivity contribution in [2.45, 2.75) is 17.6 Å². The van der Waals surface area contributed by atoms with E-state index in [0.717, 1.165) is 27.4 Å². The monoisotopic (exact) mass is 708 g/mol. The minimum atomic E-state index is -4.55. The molecule has 210 valence electrons. The van der Waals surface area contributed by atoms with Gasteiger partial charge in [0.2, 0.25) is 0 Å². The van der Waals surface area contributed by atoms with Crippen molar-refractivity contribution in [3.8, 4) is 11.3 Å². The number of thioether (sulfide) groups is 1. The predicted molar refractivity (Wildman–Crippen MR) is 158 cm³/mol. The number of hydrogen-bond acceptors (Lipinski definition) is 8. The van der Waals surface area contributed by atoms with Crippen LogP contribution in [0.3, 0.4) is 0 Å². The van der Waals surface area contributed by atoms with E-state index in [-0.39, 0.29) is 5.75 Å². The highest BCUT2D eigenvalue weighted by Crippen LogP contribution is 2.53. The Bertz CT molecular complexity index is 1560. The highest BCUT2D eigenvalue weighted by atomic mass is 79.9. The zero-order chi connectivity index (χ0) is 28.9. The summed E-state index contributed by atoms with van der Waals surface area (Å²) in [6, 6.07) is 17.7. The second-order valence-electron chi connectivity index (χ2n) is 8.24. The standard InChI is InChI=1S/C25H18BrCl2F2N2O5PS2/c26-20-9-15(1-2-17(20)12-38(35,36-29)37-30)11-32(18-5-8-21(27)22(28)10-18)25-31-23(13-40-25)16-3-6-19(7-4-16)39-14-24(33)34/h1-10,13H,11-12,14H2,(H,33,34). The number of carboxylic acid groups (broad SMARTS) is 1. The minimum absolute atomic E-state index is 0.0253. The molecule has 40 heavy (non-hydrogen) atoms. The van der Waals surface area contributed by atoms with Crippen LogP contribution in [0.25, 0.3) is 11.3 Å². The maximum absolute atomic E-state index is 12.6. The van der Waals surface area contributed by atoms with Crippen LogP contribution in [0.5, 0.6) is 0 Å². The van der Waals surface area contributed by atoms with Crippen molar-refractivity contribution >= 4 is 86.6 Å². The Morgan fingerprint density at radius 3 is 2.42 bits per heavy atom. The van der Waals surface area contributed by atoms with Gasteiger partial charge >= 0.3 is 13.6 Å². The van der Waals surface area contributed by atoms with Crippen LogP contribution in [0.1, 0.15) is 11.1 Å². The fraction of sp³-hybridized carbons (Fsp3) is 0.120. The van der Waals surface area contributed by atoms with Crippen molar-refractivity contribution in [1.82, 2.24) is 4.98 Å². The Kier molecular flexibility index (Phi) is 10.6. The molecule has 0 radical (unpaired) electrons. The van der Waals surface area contributed by atoms with Crippen LogP contribution in [-0.4, -0.2) is 21.8 Å². The van der Waals surface area contributed by atoms with E-state index in [2.05, 4.69) is 25.4 Å². The van der Waals surface area contributed by atoms with E-state index in [1.54, 1.807) is 36.4 Å². The van der Waals surface area contributed by atoms with Crippen molar-refractivity contribution in [3.05, 3.63) is 91.7 Å². The number of halogens is 5. The molecule has 0 aliphatic rings. The SMILES string of the molecule is O=C(O)CSc1ccc(-c2csc(N(Cc3ccc(CP(=O)(OF)OF)c(Br)c3)c3ccc(Cl)c(Cl)c3)n2)cc1. The largest absolute Gasteiger partial charge is 0.481 e. The summed E-state index contributed by atoms with van der Waals surface area (Å²) in [4.78, 5) is 18.4. The molecule has 0 amide bonds. The molecular formula is C25H18BrCl2F2N2O5PS2. The lowest BCUT2D eigenvalue weighted by atomic mass is 10.1. The smallest absolute Gasteiger partial charge is 0.399 e. The van der Waals surface area contributed by atoms with E-state index < -0.39 is 19.7 Å². The number of hydrogen-bond donors (Lipinski definition) is 1. The quantitative estimate of drug-likeness (QED) is 0.115. The van der Waals surface area contributed by atoms with Crippen molar-refractivity contribution in [1.29, 1.82) is 0 Å². The summed E-state index contributed by atoms with van der Waals surface area (Å²) < 4.78 is 43.9. The highest BCUT2D eigenvalue weighted by Gasteiger charge is 2.29. The first kappa shape index (κ1) is 30.9. The third kappa shape index (κ3) is 7.83. The molecular weight excluding hydrogens is 692 g/mol. The second-order valence-corrected chi connectivity index (χ2v) is 13.6. The van der Waals surface area contributed by atoms with Gasteiger partial charge in [-0.15, -0.1) is 32.6 Å². The van der Waals surface area contributed by atoms with Gasteiger partial charge in [0.05, 0.1) is 34.2 Å². The number of aliphatic carboxylic acids is 1. The molecule has 0 aliphatic heterocycles. The van der Waals surface area contributed by atoms with Crippen LogP contribution in [0.15, 0.2) is 75.4 Å². The summed E-state index contributed by atoms with van der Waals surface area (Å²) in [7, 11) is -4.55. The van der Waals surface area contributed by atoms with Crippen LogP contribution in [0.4, 0.5) is 19.9 Å². The molecule has 0 unspecified atom stereocenters. The first-order valence-electron chi connectivity index (χ1n) is 11.2. The molecule has 1 aromatic heterocycles. The van der Waals surface area contributed by atoms with Gasteiger partial charge in [0, 0.05) is 26.0 Å². The van der Waals surface area contributed by atoms with E-state index in [1.807, 2.05) is 34.5 Å². The fourth-order valence-corrected chi connectivity index (χ4v) is 6.94. The summed E-state index contributed by atoms with van der Waals surface area (Å²) in [5.41, 5.74) is 3.42. The van der Waals surface area contributed by atoms with Gasteiger partial charge in [-0.2, -0.15) is 0 Å². The van der Waals surface area contributed by atoms with Gasteiger partial charge in [0.15, 0.2) is 5.13 Å². The number of carbonyl (C=O) groups is 1. The molecule has 0 atom stereocenters. The molecule has 1 heterocycles. The second kappa shape index (κ2) is 13.8. The third-order valence-corrected chi connectivity index (χ3v) is 9.97. The van der Waals surface area contributed by atoms with E-state index >= 15 is 0 Å². The Balaban J connectivity index is 1.63. The van der Waals surface area contributed by atoms with Crippen LogP contribution in [0.2, 0.25) is 10.0 Å². The predicted octanol–water partition coefficient (Wildman–Crippen LogP) is 9.89. The van der Waals surface area contributed by atoms with Crippen LogP contribution < -0.4 is 4.90 Å². The van der Waals surface area contributed by atoms with Gasteiger partial charge in [0.25, 0.3) is 0 Å². The lowest BCUT2D eigenvalue weighted by Crippen LogP contribution is -2.16. The van der Waals surface area contributed by atoms with Crippen molar-refractivity contribution < 1.29 is 33.0 Å². The zero-order valence-electron chi connectivity index (χ0n) is 20.1. The maximum atomic E-state index is 12.6. The lowest BCUT2D eigenvalue weighted by Gasteiger charge is -2.23. The first-order chi connectivity index (χ1) is 19.1. The van der Waals surface area contributed by atoms with E-state index in [4.69, 9.17) is 33.3 Å². The lowest BCUT2D eigenvalue weighted by molar-refractivity contribution is -0.133. The summed E-state index contributed by atoms with van der Waals surface area (Å²) in [5.74, 6) is -0.910. The Labute approximate surface area is 254 Å². The zero-order valence-corrected chi connectivity index (χ0v) is 25.7. The number of carboxylic acids is 1. The molecule has 0 saturated carbocycles. The van der Waals surface area contributed by atoms with Crippen LogP contribution >= 0.6 is 69.8 Å². The van der Waals surface area contributed by atoms with Gasteiger partial charge in [-0.3, -0.25) is 9.36 Å². The average Bonchev–Trinajstić information content (AvgIpc) is 3.44. The molecule has 7 nitrogen and oxygen atoms in total. The molecule has 3 aromatic carbocycles. The van der Waals surface area contributed by atoms with Crippen molar-refractivity contribution in [2.24, 2.45) is 0 Å². The van der Waals surface area contributed by atoms with Crippen molar-refractivity contribution in [2.75, 3.05) is 10.7 Å². The van der Waals surface area contributed by atoms with E-state index in [1.165, 1.54) is 23.1 Å². The summed E-state index contributed by atoms with van der Waals surface area (Å²) in [6.07, 6.45) is -0.610. The van der Waals surface area contributed by atoms with Crippen LogP contribution in [0, 0.1) is 0 Å². The number of rotatable bonds is 12. The average molecular weight is 710 g/mol. The molecule has 0 aliphatic carbocycles. The molecule has 0 spiro atoms. The third-order valence-electron chi connectivity index (χ3n) is 5.48. The summed E-state index contributed by atoms with van der Waals surface area (Å²) >= 11 is 18.5. The topological polar surface area (TPSA) is 89.0 Å². The molecule has 1 N–H and O–H groups in total. The first-order valence-corrected chi connectivity index (χ1v) is 16.3. The number of benzene rings is 3. The van der Waals surface area contributed by atoms with Gasteiger partial charge in [-0.1, -0.05) is 63.4 Å². The van der Waals surface area contributed by atoms with Gasteiger partial charge in [-0.05, 0) is 56.6 Å². The Hall–Kier alpha value is -2.02. The summed E-state index contributed by atoms with van der Waals surface area (Å²) in [6.45, 7) is 0.325. The van der Waals surface area contributed by atoms with Gasteiger partial charge < -0.3 is 10.0 Å². The van der Waals surface area contributed by atoms with Crippen molar-refractivity contribution in [3.63, 3.8) is 0 Å². The molecule has 4 aromatic rings. The maximum Gasteiger partial charge on any atom is 0.399 e. The molecule has 0 saturated heterocycles. The summed E-state index contributed by atoms with van der Waals surface area (Å²) in [5, 5.41) is 12.2. The molecule has 15 heteroatoms. The molecule has 0 fully saturated rings. The Morgan fingerprint density at radius 2 is 1.80 bits per heavy atom. The number of aromatic nitrogens is 1. The number of thiazole rings is 1. The minimum Gasteiger partial charge on any atom is -0.481 e. The Morgan fingerprint density at radius 1 is 1.07 bits per heavy atom. The van der Waals surface area contributed by atoms with E-state index in [0.29, 0.717) is 31.8 Å². The van der Waals surface area contributed by atoms with E-state index in [9.17, 15) is 18.4 Å². The molecule has 0 bridgehead atoms. The van der Waals surface area contributed by atoms with Crippen LogP contribution in [-0.2, 0) is 31.5 Å². The fourth-order valence-electron chi connectivity index (χ4n) is 3.58. The molecule has 4 rings (SSSR count). The highest BCUT2D eigenvalue weighted by molar-refractivity contribution is 9.10. The van der Waals surface area contributed by atoms with Gasteiger partial charge in [-0.25, -0.2) is 4.98 Å². The number of anilines is 2. The van der Waals surface area contributed by atoms with Gasteiger partial charge in [0.1, 0.15) is 0 Å².